The molecule has 0 aliphatic heterocycles. The fourth-order valence-corrected chi connectivity index (χ4v) is 3.77. The molecule has 0 aromatic carbocycles. The summed E-state index contributed by atoms with van der Waals surface area (Å²) in [6, 6.07) is 0. The van der Waals surface area contributed by atoms with E-state index in [0.717, 1.165) is 11.8 Å². The summed E-state index contributed by atoms with van der Waals surface area (Å²) >= 11 is 0. The van der Waals surface area contributed by atoms with E-state index in [9.17, 15) is 0 Å². The minimum atomic E-state index is 0.809. The first-order chi connectivity index (χ1) is 8.83. The van der Waals surface area contributed by atoms with E-state index in [2.05, 4.69) is 19.6 Å². The van der Waals surface area contributed by atoms with E-state index in [4.69, 9.17) is 0 Å². The Morgan fingerprint density at radius 1 is 1.06 bits per heavy atom. The van der Waals surface area contributed by atoms with Crippen molar-refractivity contribution in [1.82, 2.24) is 0 Å². The Kier molecular flexibility index (Phi) is 5.79. The van der Waals surface area contributed by atoms with Crippen LogP contribution in [-0.4, -0.2) is 0 Å². The van der Waals surface area contributed by atoms with Crippen molar-refractivity contribution in [3.63, 3.8) is 0 Å². The Morgan fingerprint density at radius 3 is 2.28 bits per heavy atom. The van der Waals surface area contributed by atoms with E-state index in [1.54, 1.807) is 0 Å². The summed E-state index contributed by atoms with van der Waals surface area (Å²) in [5.41, 5.74) is 0. The maximum atomic E-state index is 3.95. The van der Waals surface area contributed by atoms with Crippen LogP contribution in [0, 0.1) is 23.7 Å². The summed E-state index contributed by atoms with van der Waals surface area (Å²) in [5.74, 6) is 5.56. The molecule has 0 nitrogen and oxygen atoms in total. The molecule has 0 atom stereocenters. The van der Waals surface area contributed by atoms with Crippen LogP contribution >= 0.6 is 0 Å². The zero-order chi connectivity index (χ0) is 12.8. The summed E-state index contributed by atoms with van der Waals surface area (Å²) < 4.78 is 0. The molecule has 18 heavy (non-hydrogen) atoms. The topological polar surface area (TPSA) is 0 Å². The van der Waals surface area contributed by atoms with Crippen molar-refractivity contribution in [3.8, 4) is 0 Å². The highest BCUT2D eigenvalue weighted by molar-refractivity contribution is 5.06. The van der Waals surface area contributed by atoms with Crippen LogP contribution < -0.4 is 0 Å². The first-order valence-corrected chi connectivity index (χ1v) is 8.14. The first kappa shape index (κ1) is 14.2. The van der Waals surface area contributed by atoms with Gasteiger partial charge in [0.05, 0.1) is 0 Å². The summed E-state index contributed by atoms with van der Waals surface area (Å²) in [6.45, 7) is 6.25. The lowest BCUT2D eigenvalue weighted by molar-refractivity contribution is 0.310. The molecule has 0 heterocycles. The number of allylic oxidation sites excluding steroid dienone is 1. The van der Waals surface area contributed by atoms with Crippen LogP contribution in [0.3, 0.4) is 0 Å². The molecule has 0 aromatic rings. The Labute approximate surface area is 114 Å². The maximum absolute atomic E-state index is 3.95. The molecule has 102 valence electrons. The quantitative estimate of drug-likeness (QED) is 0.530. The van der Waals surface area contributed by atoms with Crippen molar-refractivity contribution in [2.24, 2.45) is 11.8 Å². The van der Waals surface area contributed by atoms with Gasteiger partial charge >= 0.3 is 0 Å². The first-order valence-electron chi connectivity index (χ1n) is 8.14. The monoisotopic (exact) mass is 246 g/mol. The normalized spacial score (nSPS) is 25.4. The second-order valence-electron chi connectivity index (χ2n) is 6.36. The molecule has 2 rings (SSSR count). The fourth-order valence-electron chi connectivity index (χ4n) is 3.77. The minimum absolute atomic E-state index is 0.809. The van der Waals surface area contributed by atoms with Gasteiger partial charge in [-0.1, -0.05) is 25.8 Å². The van der Waals surface area contributed by atoms with Crippen LogP contribution in [0.1, 0.15) is 77.6 Å². The van der Waals surface area contributed by atoms with Gasteiger partial charge in [0.1, 0.15) is 0 Å². The molecule has 0 amide bonds. The van der Waals surface area contributed by atoms with E-state index < -0.39 is 0 Å². The zero-order valence-corrected chi connectivity index (χ0v) is 12.2. The van der Waals surface area contributed by atoms with Crippen LogP contribution in [0.4, 0.5) is 0 Å². The molecular weight excluding hydrogens is 216 g/mol. The summed E-state index contributed by atoms with van der Waals surface area (Å²) in [5, 5.41) is 0. The molecule has 2 aliphatic rings. The van der Waals surface area contributed by atoms with E-state index in [1.165, 1.54) is 70.6 Å². The van der Waals surface area contributed by atoms with Gasteiger partial charge in [-0.25, -0.2) is 0 Å². The predicted octanol–water partition coefficient (Wildman–Crippen LogP) is 5.89. The molecule has 2 radical (unpaired) electrons. The number of hydrogen-bond acceptors (Lipinski definition) is 0. The molecule has 0 spiro atoms. The second-order valence-corrected chi connectivity index (χ2v) is 6.36. The lowest BCUT2D eigenvalue weighted by atomic mass is 9.69. The van der Waals surface area contributed by atoms with E-state index >= 15 is 0 Å². The van der Waals surface area contributed by atoms with Gasteiger partial charge in [0, 0.05) is 0 Å². The van der Waals surface area contributed by atoms with Gasteiger partial charge in [0.2, 0.25) is 0 Å². The smallest absolute Gasteiger partial charge is 0.0210 e. The number of unbranched alkanes of at least 4 members (excludes halogenated alkanes) is 1. The third kappa shape index (κ3) is 3.87. The van der Waals surface area contributed by atoms with Crippen molar-refractivity contribution in [2.45, 2.75) is 77.6 Å². The largest absolute Gasteiger partial charge is 0.103 e. The molecule has 2 saturated carbocycles. The van der Waals surface area contributed by atoms with Gasteiger partial charge in [-0.3, -0.25) is 0 Å². The molecular formula is C18H30. The molecule has 0 unspecified atom stereocenters. The lowest BCUT2D eigenvalue weighted by Crippen LogP contribution is -2.23. The zero-order valence-electron chi connectivity index (χ0n) is 12.2. The summed E-state index contributed by atoms with van der Waals surface area (Å²) in [7, 11) is 0. The Morgan fingerprint density at radius 2 is 1.72 bits per heavy atom. The molecule has 2 aliphatic carbocycles. The van der Waals surface area contributed by atoms with Gasteiger partial charge in [-0.2, -0.15) is 0 Å². The van der Waals surface area contributed by atoms with Gasteiger partial charge < -0.3 is 0 Å². The van der Waals surface area contributed by atoms with Crippen LogP contribution in [-0.2, 0) is 0 Å². The number of rotatable bonds is 5. The third-order valence-corrected chi connectivity index (χ3v) is 5.16. The van der Waals surface area contributed by atoms with Crippen LogP contribution in [0.2, 0.25) is 0 Å². The summed E-state index contributed by atoms with van der Waals surface area (Å²) in [4.78, 5) is 0. The SMILES string of the molecule is C=CC1CC[C](C2CC[C](CCCC)CC2)CC1. The average molecular weight is 246 g/mol. The molecule has 0 aromatic heterocycles. The van der Waals surface area contributed by atoms with Crippen molar-refractivity contribution in [2.75, 3.05) is 0 Å². The third-order valence-electron chi connectivity index (χ3n) is 5.16. The van der Waals surface area contributed by atoms with Gasteiger partial charge in [0.15, 0.2) is 0 Å². The van der Waals surface area contributed by atoms with Gasteiger partial charge in [-0.05, 0) is 81.5 Å². The van der Waals surface area contributed by atoms with Crippen molar-refractivity contribution in [1.29, 1.82) is 0 Å². The highest BCUT2D eigenvalue weighted by Gasteiger charge is 2.30. The predicted molar refractivity (Wildman–Crippen MR) is 80.1 cm³/mol. The highest BCUT2D eigenvalue weighted by atomic mass is 14.3. The molecule has 0 heteroatoms. The van der Waals surface area contributed by atoms with Crippen molar-refractivity contribution < 1.29 is 0 Å². The van der Waals surface area contributed by atoms with E-state index in [1.807, 2.05) is 11.8 Å². The Bertz CT molecular complexity index is 226. The van der Waals surface area contributed by atoms with Crippen molar-refractivity contribution in [3.05, 3.63) is 24.5 Å². The van der Waals surface area contributed by atoms with Crippen LogP contribution in [0.5, 0.6) is 0 Å². The highest BCUT2D eigenvalue weighted by Crippen LogP contribution is 2.44. The fraction of sp³-hybridized carbons (Fsp3) is 0.778. The second kappa shape index (κ2) is 7.36. The molecule has 0 bridgehead atoms. The van der Waals surface area contributed by atoms with E-state index in [-0.39, 0.29) is 0 Å². The summed E-state index contributed by atoms with van der Waals surface area (Å²) in [6.07, 6.45) is 17.7. The van der Waals surface area contributed by atoms with Gasteiger partial charge in [-0.15, -0.1) is 6.58 Å². The van der Waals surface area contributed by atoms with Crippen molar-refractivity contribution >= 4 is 0 Å². The molecule has 0 N–H and O–H groups in total. The van der Waals surface area contributed by atoms with Gasteiger partial charge in [0.25, 0.3) is 0 Å². The minimum Gasteiger partial charge on any atom is -0.103 e. The van der Waals surface area contributed by atoms with Crippen LogP contribution in [0.25, 0.3) is 0 Å². The molecule has 0 saturated heterocycles. The lowest BCUT2D eigenvalue weighted by Gasteiger charge is -2.36. The van der Waals surface area contributed by atoms with E-state index in [0.29, 0.717) is 0 Å². The number of hydrogen-bond donors (Lipinski definition) is 0. The van der Waals surface area contributed by atoms with Crippen LogP contribution in [0.15, 0.2) is 12.7 Å². The average Bonchev–Trinajstić information content (AvgIpc) is 2.46. The Balaban J connectivity index is 1.68. The standard InChI is InChI=1S/C18H30/c1-3-5-6-16-9-13-18(14-10-16)17-11-7-15(4-2)8-12-17/h4,15,18H,2-3,5-14H2,1H3. The Hall–Kier alpha value is -0.260. The maximum Gasteiger partial charge on any atom is -0.0210 e. The molecule has 2 fully saturated rings.